The predicted octanol–water partition coefficient (Wildman–Crippen LogP) is 3.11. The first kappa shape index (κ1) is 14.0. The van der Waals surface area contributed by atoms with Crippen LogP contribution in [-0.2, 0) is 13.0 Å². The van der Waals surface area contributed by atoms with Crippen LogP contribution in [0.15, 0.2) is 36.0 Å². The van der Waals surface area contributed by atoms with Gasteiger partial charge in [-0.1, -0.05) is 18.2 Å². The van der Waals surface area contributed by atoms with E-state index < -0.39 is 0 Å². The van der Waals surface area contributed by atoms with E-state index in [0.29, 0.717) is 12.5 Å². The molecule has 2 aromatic heterocycles. The first-order valence-electron chi connectivity index (χ1n) is 6.79. The average molecular weight is 300 g/mol. The number of thiazole rings is 1. The van der Waals surface area contributed by atoms with Crippen molar-refractivity contribution < 1.29 is 9.84 Å². The van der Waals surface area contributed by atoms with Crippen molar-refractivity contribution in [3.8, 4) is 5.88 Å². The Morgan fingerprint density at radius 3 is 2.71 bits per heavy atom. The molecule has 0 saturated heterocycles. The highest BCUT2D eigenvalue weighted by atomic mass is 32.1. The van der Waals surface area contributed by atoms with Crippen molar-refractivity contribution in [1.82, 2.24) is 9.97 Å². The van der Waals surface area contributed by atoms with E-state index in [1.165, 1.54) is 4.88 Å². The van der Waals surface area contributed by atoms with Gasteiger partial charge in [-0.05, 0) is 18.4 Å². The summed E-state index contributed by atoms with van der Waals surface area (Å²) in [5.74, 6) is 0.616. The van der Waals surface area contributed by atoms with Crippen LogP contribution < -0.4 is 4.74 Å². The molecule has 0 saturated carbocycles. The molecule has 0 bridgehead atoms. The van der Waals surface area contributed by atoms with E-state index in [9.17, 15) is 5.11 Å². The van der Waals surface area contributed by atoms with Gasteiger partial charge in [-0.3, -0.25) is 0 Å². The number of aromatic nitrogens is 2. The highest BCUT2D eigenvalue weighted by molar-refractivity contribution is 7.09. The van der Waals surface area contributed by atoms with Crippen molar-refractivity contribution in [1.29, 1.82) is 0 Å². The molecule has 2 heterocycles. The molecule has 4 nitrogen and oxygen atoms in total. The lowest BCUT2D eigenvalue weighted by Gasteiger charge is -2.10. The van der Waals surface area contributed by atoms with Gasteiger partial charge in [0, 0.05) is 28.4 Å². The largest absolute Gasteiger partial charge is 0.477 e. The molecule has 0 aliphatic rings. The van der Waals surface area contributed by atoms with Gasteiger partial charge < -0.3 is 9.84 Å². The average Bonchev–Trinajstić information content (AvgIpc) is 2.93. The molecule has 0 aliphatic heterocycles. The van der Waals surface area contributed by atoms with Gasteiger partial charge in [0.15, 0.2) is 0 Å². The highest BCUT2D eigenvalue weighted by Gasteiger charge is 2.08. The highest BCUT2D eigenvalue weighted by Crippen LogP contribution is 2.26. The van der Waals surface area contributed by atoms with Crippen LogP contribution in [0.5, 0.6) is 5.88 Å². The minimum Gasteiger partial charge on any atom is -0.477 e. The normalized spacial score (nSPS) is 11.0. The van der Waals surface area contributed by atoms with Crippen LogP contribution in [0.3, 0.4) is 0 Å². The zero-order valence-electron chi connectivity index (χ0n) is 11.7. The third-order valence-electron chi connectivity index (χ3n) is 3.42. The summed E-state index contributed by atoms with van der Waals surface area (Å²) in [6.45, 7) is 2.56. The zero-order valence-corrected chi connectivity index (χ0v) is 12.6. The van der Waals surface area contributed by atoms with Gasteiger partial charge >= 0.3 is 0 Å². The fraction of sp³-hybridized carbons (Fsp3) is 0.250. The Morgan fingerprint density at radius 2 is 2.00 bits per heavy atom. The van der Waals surface area contributed by atoms with Crippen molar-refractivity contribution in [3.63, 3.8) is 0 Å². The summed E-state index contributed by atoms with van der Waals surface area (Å²) in [5.41, 5.74) is 3.74. The van der Waals surface area contributed by atoms with Gasteiger partial charge in [0.2, 0.25) is 5.88 Å². The summed E-state index contributed by atoms with van der Waals surface area (Å²) in [7, 11) is 0. The van der Waals surface area contributed by atoms with E-state index in [1.807, 2.05) is 36.7 Å². The molecule has 3 rings (SSSR count). The molecule has 0 atom stereocenters. The fourth-order valence-electron chi connectivity index (χ4n) is 2.27. The van der Waals surface area contributed by atoms with Crippen LogP contribution in [0.1, 0.15) is 16.1 Å². The van der Waals surface area contributed by atoms with E-state index in [-0.39, 0.29) is 6.61 Å². The Hall–Kier alpha value is -1.98. The summed E-state index contributed by atoms with van der Waals surface area (Å²) in [6, 6.07) is 7.84. The summed E-state index contributed by atoms with van der Waals surface area (Å²) in [4.78, 5) is 9.80. The maximum Gasteiger partial charge on any atom is 0.221 e. The van der Waals surface area contributed by atoms with Gasteiger partial charge in [-0.15, -0.1) is 11.3 Å². The Morgan fingerprint density at radius 1 is 1.19 bits per heavy atom. The predicted molar refractivity (Wildman–Crippen MR) is 83.7 cm³/mol. The van der Waals surface area contributed by atoms with Gasteiger partial charge in [-0.2, -0.15) is 0 Å². The van der Waals surface area contributed by atoms with Crippen molar-refractivity contribution in [3.05, 3.63) is 52.1 Å². The fourth-order valence-corrected chi connectivity index (χ4v) is 3.04. The van der Waals surface area contributed by atoms with Crippen LogP contribution in [0.2, 0.25) is 0 Å². The lowest BCUT2D eigenvalue weighted by Crippen LogP contribution is -2.03. The van der Waals surface area contributed by atoms with E-state index in [2.05, 4.69) is 9.97 Å². The number of aryl methyl sites for hydroxylation is 1. The van der Waals surface area contributed by atoms with Crippen LogP contribution in [0, 0.1) is 6.92 Å². The van der Waals surface area contributed by atoms with Crippen molar-refractivity contribution in [2.45, 2.75) is 20.0 Å². The Balaban J connectivity index is 1.80. The second kappa shape index (κ2) is 6.20. The molecular formula is C16H16N2O2S. The monoisotopic (exact) mass is 300 g/mol. The number of pyridine rings is 1. The molecule has 0 fully saturated rings. The maximum atomic E-state index is 9.37. The Kier molecular flexibility index (Phi) is 4.13. The number of ether oxygens (including phenoxy) is 1. The van der Waals surface area contributed by atoms with Crippen molar-refractivity contribution in [2.24, 2.45) is 0 Å². The second-order valence-corrected chi connectivity index (χ2v) is 5.69. The quantitative estimate of drug-likeness (QED) is 0.786. The number of rotatable bonds is 5. The zero-order chi connectivity index (χ0) is 14.7. The van der Waals surface area contributed by atoms with Gasteiger partial charge in [0.25, 0.3) is 0 Å². The molecule has 0 radical (unpaired) electrons. The minimum absolute atomic E-state index is 0.0200. The second-order valence-electron chi connectivity index (χ2n) is 4.75. The molecule has 5 heteroatoms. The van der Waals surface area contributed by atoms with Crippen LogP contribution in [0.4, 0.5) is 0 Å². The maximum absolute atomic E-state index is 9.37. The molecular weight excluding hydrogens is 284 g/mol. The molecule has 1 N–H and O–H groups in total. The summed E-state index contributed by atoms with van der Waals surface area (Å²) < 4.78 is 5.83. The van der Waals surface area contributed by atoms with Crippen molar-refractivity contribution >= 4 is 22.1 Å². The van der Waals surface area contributed by atoms with E-state index in [4.69, 9.17) is 4.74 Å². The number of hydrogen-bond acceptors (Lipinski definition) is 5. The van der Waals surface area contributed by atoms with Gasteiger partial charge in [0.1, 0.15) is 0 Å². The molecule has 0 amide bonds. The topological polar surface area (TPSA) is 55.2 Å². The molecule has 0 aliphatic carbocycles. The third kappa shape index (κ3) is 2.89. The number of fused-ring (bicyclic) bond motifs is 1. The van der Waals surface area contributed by atoms with Crippen LogP contribution in [0.25, 0.3) is 10.8 Å². The third-order valence-corrected chi connectivity index (χ3v) is 4.42. The smallest absolute Gasteiger partial charge is 0.221 e. The number of hydrogen-bond donors (Lipinski definition) is 1. The molecule has 108 valence electrons. The molecule has 21 heavy (non-hydrogen) atoms. The van der Waals surface area contributed by atoms with Crippen LogP contribution >= 0.6 is 11.3 Å². The molecule has 3 aromatic rings. The Bertz CT molecular complexity index is 755. The SMILES string of the molecule is Cc1ncsc1CCOc1ncc(CO)c2ccccc12. The van der Waals surface area contributed by atoms with E-state index in [1.54, 1.807) is 17.5 Å². The van der Waals surface area contributed by atoms with E-state index >= 15 is 0 Å². The number of aliphatic hydroxyl groups is 1. The standard InChI is InChI=1S/C16H16N2O2S/c1-11-15(21-10-18-11)6-7-20-16-14-5-3-2-4-13(14)12(9-19)8-17-16/h2-5,8,10,19H,6-7,9H2,1H3. The lowest BCUT2D eigenvalue weighted by molar-refractivity contribution is 0.282. The lowest BCUT2D eigenvalue weighted by atomic mass is 10.1. The van der Waals surface area contributed by atoms with E-state index in [0.717, 1.165) is 28.5 Å². The number of benzene rings is 1. The molecule has 0 spiro atoms. The van der Waals surface area contributed by atoms with Gasteiger partial charge in [0.05, 0.1) is 24.4 Å². The number of nitrogens with zero attached hydrogens (tertiary/aromatic N) is 2. The molecule has 1 aromatic carbocycles. The summed E-state index contributed by atoms with van der Waals surface area (Å²) in [6.07, 6.45) is 2.50. The first-order valence-corrected chi connectivity index (χ1v) is 7.67. The van der Waals surface area contributed by atoms with Gasteiger partial charge in [-0.25, -0.2) is 9.97 Å². The summed E-state index contributed by atoms with van der Waals surface area (Å²) >= 11 is 1.65. The molecule has 0 unspecified atom stereocenters. The van der Waals surface area contributed by atoms with Crippen molar-refractivity contribution in [2.75, 3.05) is 6.61 Å². The number of aliphatic hydroxyl groups excluding tert-OH is 1. The van der Waals surface area contributed by atoms with Crippen LogP contribution in [-0.4, -0.2) is 21.7 Å². The minimum atomic E-state index is -0.0200. The summed E-state index contributed by atoms with van der Waals surface area (Å²) in [5, 5.41) is 11.3. The first-order chi connectivity index (χ1) is 10.3. The Labute approximate surface area is 127 Å².